The van der Waals surface area contributed by atoms with Gasteiger partial charge in [0, 0.05) is 31.9 Å². The van der Waals surface area contributed by atoms with Crippen LogP contribution in [0, 0.1) is 5.82 Å². The quantitative estimate of drug-likeness (QED) is 0.925. The lowest BCUT2D eigenvalue weighted by Crippen LogP contribution is -2.51. The number of hydrogen-bond acceptors (Lipinski definition) is 3. The molecule has 0 saturated carbocycles. The van der Waals surface area contributed by atoms with Gasteiger partial charge >= 0.3 is 6.03 Å². The van der Waals surface area contributed by atoms with Crippen LogP contribution in [0.5, 0.6) is 0 Å². The Labute approximate surface area is 132 Å². The van der Waals surface area contributed by atoms with Gasteiger partial charge in [-0.25, -0.2) is 9.18 Å². The molecule has 0 unspecified atom stereocenters. The van der Waals surface area contributed by atoms with Crippen molar-refractivity contribution in [2.75, 3.05) is 31.5 Å². The van der Waals surface area contributed by atoms with Crippen molar-refractivity contribution in [3.8, 4) is 0 Å². The minimum absolute atomic E-state index is 0.173. The molecule has 2 heterocycles. The van der Waals surface area contributed by atoms with E-state index in [9.17, 15) is 14.0 Å². The topological polar surface area (TPSA) is 65.8 Å². The van der Waals surface area contributed by atoms with Gasteiger partial charge in [0.2, 0.25) is 0 Å². The number of amides is 3. The lowest BCUT2D eigenvalue weighted by atomic mass is 10.3. The molecule has 6 nitrogen and oxygen atoms in total. The molecule has 1 aromatic heterocycles. The summed E-state index contributed by atoms with van der Waals surface area (Å²) in [5.74, 6) is -0.226. The zero-order valence-electron chi connectivity index (χ0n) is 12.4. The van der Waals surface area contributed by atoms with Crippen LogP contribution in [0.15, 0.2) is 47.1 Å². The zero-order valence-corrected chi connectivity index (χ0v) is 12.4. The molecule has 3 amide bonds. The summed E-state index contributed by atoms with van der Waals surface area (Å²) in [6.07, 6.45) is 1.46. The molecule has 2 aromatic rings. The van der Waals surface area contributed by atoms with E-state index in [4.69, 9.17) is 4.42 Å². The van der Waals surface area contributed by atoms with E-state index >= 15 is 0 Å². The minimum Gasteiger partial charge on any atom is -0.459 e. The molecule has 0 aliphatic carbocycles. The normalized spacial score (nSPS) is 14.7. The Bertz CT molecular complexity index is 677. The molecule has 0 bridgehead atoms. The highest BCUT2D eigenvalue weighted by Gasteiger charge is 2.26. The van der Waals surface area contributed by atoms with Crippen LogP contribution in [0.4, 0.5) is 14.9 Å². The Kier molecular flexibility index (Phi) is 4.27. The molecular weight excluding hydrogens is 301 g/mol. The molecule has 3 rings (SSSR count). The molecule has 0 radical (unpaired) electrons. The van der Waals surface area contributed by atoms with Crippen molar-refractivity contribution >= 4 is 17.6 Å². The van der Waals surface area contributed by atoms with Crippen LogP contribution in [0.3, 0.4) is 0 Å². The number of halogens is 1. The first-order valence-corrected chi connectivity index (χ1v) is 7.28. The molecular formula is C16H16FN3O3. The summed E-state index contributed by atoms with van der Waals surface area (Å²) in [4.78, 5) is 27.6. The number of carbonyl (C=O) groups is 2. The number of carbonyl (C=O) groups excluding carboxylic acids is 2. The SMILES string of the molecule is O=C(Nc1ccc(F)cc1)N1CCN(C(=O)c2ccco2)CC1. The predicted octanol–water partition coefficient (Wildman–Crippen LogP) is 2.41. The predicted molar refractivity (Wildman–Crippen MR) is 81.6 cm³/mol. The number of urea groups is 1. The Balaban J connectivity index is 1.53. The van der Waals surface area contributed by atoms with E-state index < -0.39 is 0 Å². The maximum Gasteiger partial charge on any atom is 0.321 e. The highest BCUT2D eigenvalue weighted by molar-refractivity contribution is 5.92. The Morgan fingerprint density at radius 2 is 1.65 bits per heavy atom. The standard InChI is InChI=1S/C16H16FN3O3/c17-12-3-5-13(6-4-12)18-16(22)20-9-7-19(8-10-20)15(21)14-2-1-11-23-14/h1-6,11H,7-10H2,(H,18,22). The van der Waals surface area contributed by atoms with Gasteiger partial charge in [0.1, 0.15) is 5.82 Å². The molecule has 1 saturated heterocycles. The lowest BCUT2D eigenvalue weighted by Gasteiger charge is -2.34. The highest BCUT2D eigenvalue weighted by atomic mass is 19.1. The Hall–Kier alpha value is -2.83. The molecule has 1 aromatic carbocycles. The fourth-order valence-electron chi connectivity index (χ4n) is 2.40. The summed E-state index contributed by atoms with van der Waals surface area (Å²) in [6, 6.07) is 8.61. The van der Waals surface area contributed by atoms with Crippen molar-refractivity contribution in [3.63, 3.8) is 0 Å². The molecule has 0 atom stereocenters. The molecule has 120 valence electrons. The largest absolute Gasteiger partial charge is 0.459 e. The second kappa shape index (κ2) is 6.51. The molecule has 1 fully saturated rings. The number of furan rings is 1. The smallest absolute Gasteiger partial charge is 0.321 e. The molecule has 23 heavy (non-hydrogen) atoms. The monoisotopic (exact) mass is 317 g/mol. The van der Waals surface area contributed by atoms with Crippen molar-refractivity contribution in [1.29, 1.82) is 0 Å². The van der Waals surface area contributed by atoms with E-state index in [1.165, 1.54) is 30.5 Å². The van der Waals surface area contributed by atoms with E-state index in [-0.39, 0.29) is 17.8 Å². The van der Waals surface area contributed by atoms with Crippen LogP contribution in [-0.4, -0.2) is 47.9 Å². The number of nitrogens with one attached hydrogen (secondary N) is 1. The van der Waals surface area contributed by atoms with Crippen LogP contribution in [0.25, 0.3) is 0 Å². The first kappa shape index (κ1) is 15.1. The van der Waals surface area contributed by atoms with Crippen LogP contribution >= 0.6 is 0 Å². The summed E-state index contributed by atoms with van der Waals surface area (Å²) in [5, 5.41) is 2.71. The van der Waals surface area contributed by atoms with Crippen molar-refractivity contribution in [3.05, 3.63) is 54.2 Å². The number of piperazine rings is 1. The van der Waals surface area contributed by atoms with Crippen molar-refractivity contribution < 1.29 is 18.4 Å². The Morgan fingerprint density at radius 1 is 1.00 bits per heavy atom. The summed E-state index contributed by atoms with van der Waals surface area (Å²) in [6.45, 7) is 1.74. The van der Waals surface area contributed by atoms with Gasteiger partial charge in [-0.15, -0.1) is 0 Å². The molecule has 7 heteroatoms. The van der Waals surface area contributed by atoms with Crippen LogP contribution in [0.2, 0.25) is 0 Å². The molecule has 1 aliphatic rings. The third kappa shape index (κ3) is 3.50. The first-order chi connectivity index (χ1) is 11.1. The molecule has 1 N–H and O–H groups in total. The number of anilines is 1. The fourth-order valence-corrected chi connectivity index (χ4v) is 2.40. The van der Waals surface area contributed by atoms with Crippen LogP contribution in [-0.2, 0) is 0 Å². The van der Waals surface area contributed by atoms with Crippen molar-refractivity contribution in [2.24, 2.45) is 0 Å². The van der Waals surface area contributed by atoms with E-state index in [2.05, 4.69) is 5.32 Å². The van der Waals surface area contributed by atoms with E-state index in [0.29, 0.717) is 37.6 Å². The van der Waals surface area contributed by atoms with E-state index in [0.717, 1.165) is 0 Å². The number of benzene rings is 1. The van der Waals surface area contributed by atoms with Gasteiger partial charge in [-0.05, 0) is 36.4 Å². The average Bonchev–Trinajstić information content (AvgIpc) is 3.11. The summed E-state index contributed by atoms with van der Waals surface area (Å²) >= 11 is 0. The number of rotatable bonds is 2. The average molecular weight is 317 g/mol. The van der Waals surface area contributed by atoms with Gasteiger partial charge in [-0.1, -0.05) is 0 Å². The van der Waals surface area contributed by atoms with E-state index in [1.54, 1.807) is 21.9 Å². The Morgan fingerprint density at radius 3 is 2.26 bits per heavy atom. The molecule has 1 aliphatic heterocycles. The first-order valence-electron chi connectivity index (χ1n) is 7.28. The van der Waals surface area contributed by atoms with Gasteiger partial charge in [-0.2, -0.15) is 0 Å². The zero-order chi connectivity index (χ0) is 16.2. The van der Waals surface area contributed by atoms with Crippen LogP contribution < -0.4 is 5.32 Å². The van der Waals surface area contributed by atoms with E-state index in [1.807, 2.05) is 0 Å². The van der Waals surface area contributed by atoms with Crippen molar-refractivity contribution in [1.82, 2.24) is 9.80 Å². The van der Waals surface area contributed by atoms with Gasteiger partial charge < -0.3 is 19.5 Å². The summed E-state index contributed by atoms with van der Waals surface area (Å²) in [7, 11) is 0. The summed E-state index contributed by atoms with van der Waals surface area (Å²) < 4.78 is 17.9. The second-order valence-corrected chi connectivity index (χ2v) is 5.19. The third-order valence-corrected chi connectivity index (χ3v) is 3.68. The number of hydrogen-bond donors (Lipinski definition) is 1. The van der Waals surface area contributed by atoms with Gasteiger partial charge in [-0.3, -0.25) is 4.79 Å². The van der Waals surface area contributed by atoms with Crippen molar-refractivity contribution in [2.45, 2.75) is 0 Å². The van der Waals surface area contributed by atoms with Gasteiger partial charge in [0.25, 0.3) is 5.91 Å². The maximum absolute atomic E-state index is 12.8. The highest BCUT2D eigenvalue weighted by Crippen LogP contribution is 2.12. The fraction of sp³-hybridized carbons (Fsp3) is 0.250. The third-order valence-electron chi connectivity index (χ3n) is 3.68. The lowest BCUT2D eigenvalue weighted by molar-refractivity contribution is 0.0640. The minimum atomic E-state index is -0.354. The summed E-state index contributed by atoms with van der Waals surface area (Å²) in [5.41, 5.74) is 0.533. The molecule has 0 spiro atoms. The van der Waals surface area contributed by atoms with Gasteiger partial charge in [0.15, 0.2) is 5.76 Å². The van der Waals surface area contributed by atoms with Crippen LogP contribution in [0.1, 0.15) is 10.6 Å². The number of nitrogens with zero attached hydrogens (tertiary/aromatic N) is 2. The van der Waals surface area contributed by atoms with Gasteiger partial charge in [0.05, 0.1) is 6.26 Å². The second-order valence-electron chi connectivity index (χ2n) is 5.19. The maximum atomic E-state index is 12.8.